The molecule has 0 aliphatic carbocycles. The van der Waals surface area contributed by atoms with Gasteiger partial charge in [-0.1, -0.05) is 12.2 Å². The average Bonchev–Trinajstić information content (AvgIpc) is 2.87. The number of rotatable bonds is 5. The molecule has 0 spiro atoms. The molecule has 0 saturated carbocycles. The van der Waals surface area contributed by atoms with Gasteiger partial charge >= 0.3 is 0 Å². The topological polar surface area (TPSA) is 43.9 Å². The Bertz CT molecular complexity index is 606. The van der Waals surface area contributed by atoms with Gasteiger partial charge in [-0.05, 0) is 25.7 Å². The van der Waals surface area contributed by atoms with E-state index in [2.05, 4.69) is 23.9 Å². The number of piperazine rings is 1. The van der Waals surface area contributed by atoms with E-state index in [1.165, 1.54) is 11.3 Å². The standard InChI is InChI=1S/C13H18ClN3O2S3/c1-15(2)3-4-16-5-7-17(8-6-16)12(19)10-9(11(14)18)21-13(20)22-10/h3-8H2,1-2H3. The number of carbonyl (C=O) groups is 2. The smallest absolute Gasteiger partial charge is 0.265 e. The van der Waals surface area contributed by atoms with E-state index in [0.29, 0.717) is 21.1 Å². The van der Waals surface area contributed by atoms with Gasteiger partial charge in [-0.3, -0.25) is 14.5 Å². The summed E-state index contributed by atoms with van der Waals surface area (Å²) in [5.41, 5.74) is 0. The minimum Gasteiger partial charge on any atom is -0.335 e. The highest BCUT2D eigenvalue weighted by Gasteiger charge is 2.27. The van der Waals surface area contributed by atoms with Crippen molar-refractivity contribution in [1.82, 2.24) is 14.7 Å². The highest BCUT2D eigenvalue weighted by Crippen LogP contribution is 2.28. The second-order valence-corrected chi connectivity index (χ2v) is 8.89. The summed E-state index contributed by atoms with van der Waals surface area (Å²) < 4.78 is 0.553. The third kappa shape index (κ3) is 4.56. The van der Waals surface area contributed by atoms with Crippen molar-refractivity contribution in [1.29, 1.82) is 0 Å². The number of hydrogen-bond donors (Lipinski definition) is 0. The summed E-state index contributed by atoms with van der Waals surface area (Å²) >= 11 is 12.9. The van der Waals surface area contributed by atoms with E-state index >= 15 is 0 Å². The van der Waals surface area contributed by atoms with Crippen LogP contribution in [0.25, 0.3) is 0 Å². The molecule has 0 aromatic carbocycles. The maximum Gasteiger partial charge on any atom is 0.265 e. The molecule has 1 fully saturated rings. The molecule has 9 heteroatoms. The van der Waals surface area contributed by atoms with Gasteiger partial charge in [0.1, 0.15) is 12.9 Å². The fraction of sp³-hybridized carbons (Fsp3) is 0.615. The summed E-state index contributed by atoms with van der Waals surface area (Å²) in [5, 5.41) is -0.606. The molecule has 1 amide bonds. The normalized spacial score (nSPS) is 16.3. The second-order valence-electron chi connectivity index (χ2n) is 5.32. The Hall–Kier alpha value is -0.380. The van der Waals surface area contributed by atoms with Crippen LogP contribution in [0.4, 0.5) is 0 Å². The molecule has 0 bridgehead atoms. The van der Waals surface area contributed by atoms with Crippen LogP contribution in [0.1, 0.15) is 19.3 Å². The van der Waals surface area contributed by atoms with E-state index in [0.717, 1.165) is 37.5 Å². The minimum atomic E-state index is -0.606. The van der Waals surface area contributed by atoms with Crippen molar-refractivity contribution >= 4 is 57.6 Å². The number of nitrogens with zero attached hydrogens (tertiary/aromatic N) is 3. The molecule has 0 N–H and O–H groups in total. The number of hydrogen-bond acceptors (Lipinski definition) is 7. The second kappa shape index (κ2) is 7.94. The fourth-order valence-corrected chi connectivity index (χ4v) is 4.89. The minimum absolute atomic E-state index is 0.131. The van der Waals surface area contributed by atoms with E-state index < -0.39 is 5.24 Å². The SMILES string of the molecule is CN(C)CCN1CCN(C(=O)c2sc(=S)sc2C(=O)Cl)CC1. The largest absolute Gasteiger partial charge is 0.335 e. The van der Waals surface area contributed by atoms with E-state index in [-0.39, 0.29) is 10.8 Å². The zero-order chi connectivity index (χ0) is 16.3. The van der Waals surface area contributed by atoms with Crippen LogP contribution in [0.15, 0.2) is 0 Å². The van der Waals surface area contributed by atoms with Crippen molar-refractivity contribution < 1.29 is 9.59 Å². The lowest BCUT2D eigenvalue weighted by Gasteiger charge is -2.35. The van der Waals surface area contributed by atoms with E-state index in [4.69, 9.17) is 23.8 Å². The summed E-state index contributed by atoms with van der Waals surface area (Å²) in [7, 11) is 4.10. The molecule has 1 aliphatic rings. The molecule has 22 heavy (non-hydrogen) atoms. The van der Waals surface area contributed by atoms with Gasteiger partial charge < -0.3 is 9.80 Å². The van der Waals surface area contributed by atoms with Crippen LogP contribution in [-0.4, -0.2) is 79.2 Å². The Morgan fingerprint density at radius 3 is 2.32 bits per heavy atom. The maximum atomic E-state index is 12.6. The number of likely N-dealkylation sites (N-methyl/N-ethyl adjacent to an activating group) is 1. The number of carbonyl (C=O) groups excluding carboxylic acids is 2. The van der Waals surface area contributed by atoms with E-state index in [1.807, 2.05) is 0 Å². The summed E-state index contributed by atoms with van der Waals surface area (Å²) in [5.74, 6) is -0.131. The van der Waals surface area contributed by atoms with Crippen LogP contribution in [0.5, 0.6) is 0 Å². The van der Waals surface area contributed by atoms with E-state index in [9.17, 15) is 9.59 Å². The first kappa shape index (κ1) is 18.0. The van der Waals surface area contributed by atoms with Crippen LogP contribution >= 0.6 is 46.5 Å². The first-order valence-corrected chi connectivity index (χ1v) is 9.30. The Morgan fingerprint density at radius 1 is 1.18 bits per heavy atom. The Balaban J connectivity index is 1.98. The lowest BCUT2D eigenvalue weighted by molar-refractivity contribution is 0.0632. The predicted octanol–water partition coefficient (Wildman–Crippen LogP) is 2.24. The van der Waals surface area contributed by atoms with Crippen molar-refractivity contribution in [3.63, 3.8) is 0 Å². The van der Waals surface area contributed by atoms with Crippen LogP contribution in [-0.2, 0) is 0 Å². The van der Waals surface area contributed by atoms with Crippen molar-refractivity contribution in [2.75, 3.05) is 53.4 Å². The van der Waals surface area contributed by atoms with Gasteiger partial charge in [0.15, 0.2) is 0 Å². The molecule has 2 heterocycles. The van der Waals surface area contributed by atoms with Crippen molar-refractivity contribution in [2.24, 2.45) is 0 Å². The highest BCUT2D eigenvalue weighted by atomic mass is 35.5. The molecule has 1 aromatic heterocycles. The molecule has 5 nitrogen and oxygen atoms in total. The zero-order valence-electron chi connectivity index (χ0n) is 12.5. The molecular formula is C13H18ClN3O2S3. The Morgan fingerprint density at radius 2 is 1.77 bits per heavy atom. The van der Waals surface area contributed by atoms with Crippen LogP contribution in [0.2, 0.25) is 0 Å². The summed E-state index contributed by atoms with van der Waals surface area (Å²) in [4.78, 5) is 30.9. The third-order valence-electron chi connectivity index (χ3n) is 3.47. The lowest BCUT2D eigenvalue weighted by atomic mass is 10.3. The van der Waals surface area contributed by atoms with E-state index in [1.54, 1.807) is 4.90 Å². The van der Waals surface area contributed by atoms with Gasteiger partial charge in [0.2, 0.25) is 0 Å². The molecule has 1 saturated heterocycles. The molecule has 0 unspecified atom stereocenters. The third-order valence-corrected chi connectivity index (χ3v) is 6.41. The maximum absolute atomic E-state index is 12.6. The Kier molecular flexibility index (Phi) is 6.48. The first-order chi connectivity index (χ1) is 10.4. The van der Waals surface area contributed by atoms with Gasteiger partial charge in [0.25, 0.3) is 11.1 Å². The quantitative estimate of drug-likeness (QED) is 0.580. The average molecular weight is 380 g/mol. The van der Waals surface area contributed by atoms with Crippen LogP contribution < -0.4 is 0 Å². The molecule has 1 aromatic rings. The van der Waals surface area contributed by atoms with Crippen molar-refractivity contribution in [3.05, 3.63) is 12.9 Å². The van der Waals surface area contributed by atoms with Gasteiger partial charge in [-0.15, -0.1) is 22.7 Å². The van der Waals surface area contributed by atoms with Crippen molar-refractivity contribution in [3.8, 4) is 0 Å². The van der Waals surface area contributed by atoms with Crippen LogP contribution in [0.3, 0.4) is 0 Å². The van der Waals surface area contributed by atoms with Crippen molar-refractivity contribution in [2.45, 2.75) is 0 Å². The molecule has 1 aliphatic heterocycles. The zero-order valence-corrected chi connectivity index (χ0v) is 15.7. The fourth-order valence-electron chi connectivity index (χ4n) is 2.21. The van der Waals surface area contributed by atoms with Gasteiger partial charge in [-0.2, -0.15) is 0 Å². The summed E-state index contributed by atoms with van der Waals surface area (Å²) in [6.45, 7) is 5.02. The number of amides is 1. The molecular weight excluding hydrogens is 362 g/mol. The summed E-state index contributed by atoms with van der Waals surface area (Å²) in [6.07, 6.45) is 0. The summed E-state index contributed by atoms with van der Waals surface area (Å²) in [6, 6.07) is 0. The molecule has 2 rings (SSSR count). The Labute approximate surface area is 148 Å². The number of halogens is 1. The van der Waals surface area contributed by atoms with Crippen LogP contribution in [0, 0.1) is 3.14 Å². The lowest BCUT2D eigenvalue weighted by Crippen LogP contribution is -2.50. The highest BCUT2D eigenvalue weighted by molar-refractivity contribution is 7.76. The van der Waals surface area contributed by atoms with Gasteiger partial charge in [-0.25, -0.2) is 0 Å². The molecule has 0 radical (unpaired) electrons. The van der Waals surface area contributed by atoms with Gasteiger partial charge in [0, 0.05) is 39.3 Å². The molecule has 122 valence electrons. The molecule has 0 atom stereocenters. The monoisotopic (exact) mass is 379 g/mol. The first-order valence-electron chi connectivity index (χ1n) is 6.88. The predicted molar refractivity (Wildman–Crippen MR) is 94.1 cm³/mol. The van der Waals surface area contributed by atoms with Gasteiger partial charge in [0.05, 0.1) is 0 Å².